The van der Waals surface area contributed by atoms with Crippen LogP contribution in [-0.4, -0.2) is 139 Å². The monoisotopic (exact) mass is 1080 g/mol. The fraction of sp³-hybridized carbons (Fsp3) is 0.630. The number of unbranched alkanes of at least 4 members (excludes halogenated alkanes) is 2. The van der Waals surface area contributed by atoms with Crippen LogP contribution < -0.4 is 48.7 Å². The zero-order chi connectivity index (χ0) is 56.7. The van der Waals surface area contributed by atoms with Crippen molar-refractivity contribution in [1.29, 1.82) is 0 Å². The second-order valence-corrected chi connectivity index (χ2v) is 20.5. The number of carbonyl (C=O) groups is 8. The van der Waals surface area contributed by atoms with Gasteiger partial charge in [-0.05, 0) is 101 Å². The van der Waals surface area contributed by atoms with Gasteiger partial charge in [-0.3, -0.25) is 28.8 Å². The van der Waals surface area contributed by atoms with Crippen molar-refractivity contribution >= 4 is 53.3 Å². The number of nitrogens with two attached hydrogens (primary N) is 2. The van der Waals surface area contributed by atoms with Gasteiger partial charge in [-0.1, -0.05) is 63.1 Å². The molecule has 3 aliphatic heterocycles. The van der Waals surface area contributed by atoms with Crippen molar-refractivity contribution in [2.75, 3.05) is 31.7 Å². The van der Waals surface area contributed by atoms with Crippen molar-refractivity contribution in [2.45, 2.75) is 180 Å². The molecule has 23 nitrogen and oxygen atoms in total. The Bertz CT molecular complexity index is 2240. The van der Waals surface area contributed by atoms with E-state index in [1.54, 1.807) is 51.1 Å². The van der Waals surface area contributed by atoms with Crippen molar-refractivity contribution in [3.8, 4) is 0 Å². The number of primary amides is 1. The Labute approximate surface area is 451 Å². The van der Waals surface area contributed by atoms with E-state index in [1.165, 1.54) is 19.1 Å². The van der Waals surface area contributed by atoms with E-state index in [2.05, 4.69) is 44.1 Å². The number of urea groups is 1. The molecule has 1 spiro atoms. The highest BCUT2D eigenvalue weighted by atomic mass is 16.6. The number of allylic oxidation sites excluding steroid dienone is 2. The summed E-state index contributed by atoms with van der Waals surface area (Å²) in [6.07, 6.45) is 9.16. The van der Waals surface area contributed by atoms with Gasteiger partial charge in [-0.15, -0.1) is 0 Å². The Balaban J connectivity index is 1.19. The average Bonchev–Trinajstić information content (AvgIpc) is 4.14. The smallest absolute Gasteiger partial charge is 0.408 e. The third-order valence-corrected chi connectivity index (χ3v) is 13.4. The fourth-order valence-electron chi connectivity index (χ4n) is 8.93. The molecular formula is C54H83N9O14. The first-order chi connectivity index (χ1) is 36.6. The van der Waals surface area contributed by atoms with Crippen LogP contribution in [0.1, 0.15) is 118 Å². The van der Waals surface area contributed by atoms with Crippen LogP contribution in [0.2, 0.25) is 0 Å². The Kier molecular flexibility index (Phi) is 26.0. The number of nitrogens with one attached hydrogen (secondary N) is 7. The van der Waals surface area contributed by atoms with Crippen LogP contribution in [0.5, 0.6) is 0 Å². The molecular weight excluding hydrogens is 999 g/mol. The summed E-state index contributed by atoms with van der Waals surface area (Å²) in [7, 11) is 0. The van der Waals surface area contributed by atoms with E-state index in [1.807, 2.05) is 26.0 Å². The standard InChI is InChI=1S/C54H83N9O14/c1-32(2)48(63-45(65)13-9-8-10-24-55)51(70)62-41(12-11-25-57-52(56)71)50(69)60-39-19-17-38(18-20-39)29-73-53(72)59-31-58-47(67)27-40-28-54(30-74-54)49(68)44(77-40)22-15-33(3)14-21-43-34(4)26-42(36(6)76-43)61-46(66)23-16-35(5)75-37(7)64/h14-20,22-23,32,34-36,40-44,48-49,68H,8-13,21,24-31,55H2,1-7H3,(H,58,67)(H,59,72)(H,60,69)(H,61,66)(H,62,70)(H,63,65)(H3,56,57,71)/b22-15+,23-16-,33-14+/t34-,35-,36+,40+,41-,42+,43-,44+,48-,49+,54+/m0/s1. The molecule has 0 aliphatic carbocycles. The number of epoxide rings is 1. The number of aliphatic hydroxyl groups excluding tert-OH is 1. The highest BCUT2D eigenvalue weighted by molar-refractivity contribution is 5.98. The SMILES string of the molecule is CC(=O)O[C@@H](C)/C=C\C(=O)N[C@@H]1C[C@H](C)[C@H](C/C=C(C)/C=C/[C@H]2O[C@H](CC(=O)NCNC(=O)OCc3ccc(NC(=O)[C@H](CCCNC(N)=O)NC(=O)[C@@H](NC(=O)CCCCCN)C(C)C)cc3)C[C@@]3(CO3)[C@@H]2O)O[C@@H]1C. The van der Waals surface area contributed by atoms with Crippen LogP contribution in [0.3, 0.4) is 0 Å². The summed E-state index contributed by atoms with van der Waals surface area (Å²) < 4.78 is 28.5. The third-order valence-electron chi connectivity index (χ3n) is 13.4. The number of hydrogen-bond donors (Lipinski definition) is 10. The second-order valence-electron chi connectivity index (χ2n) is 20.5. The molecule has 0 radical (unpaired) electrons. The van der Waals surface area contributed by atoms with E-state index in [4.69, 9.17) is 35.2 Å². The molecule has 428 valence electrons. The maximum atomic E-state index is 13.5. The summed E-state index contributed by atoms with van der Waals surface area (Å²) in [6.45, 7) is 13.2. The predicted molar refractivity (Wildman–Crippen MR) is 285 cm³/mol. The summed E-state index contributed by atoms with van der Waals surface area (Å²) in [5, 5.41) is 30.0. The van der Waals surface area contributed by atoms with Gasteiger partial charge < -0.3 is 77.5 Å². The van der Waals surface area contributed by atoms with Crippen LogP contribution in [0.25, 0.3) is 0 Å². The van der Waals surface area contributed by atoms with E-state index in [-0.39, 0.29) is 81.0 Å². The average molecular weight is 1080 g/mol. The normalized spacial score (nSPS) is 24.3. The number of benzene rings is 1. The van der Waals surface area contributed by atoms with Crippen molar-refractivity contribution < 1.29 is 67.1 Å². The lowest BCUT2D eigenvalue weighted by molar-refractivity contribution is -0.145. The van der Waals surface area contributed by atoms with Crippen molar-refractivity contribution in [1.82, 2.24) is 31.9 Å². The largest absolute Gasteiger partial charge is 0.459 e. The molecule has 1 aromatic rings. The van der Waals surface area contributed by atoms with Gasteiger partial charge in [0, 0.05) is 38.1 Å². The lowest BCUT2D eigenvalue weighted by Crippen LogP contribution is -2.54. The number of alkyl carbamates (subject to hydrolysis) is 1. The molecule has 12 N–H and O–H groups in total. The number of aliphatic hydroxyl groups is 1. The minimum atomic E-state index is -1.03. The number of ether oxygens (including phenoxy) is 5. The molecule has 0 saturated carbocycles. The van der Waals surface area contributed by atoms with E-state index in [0.717, 1.165) is 18.4 Å². The Morgan fingerprint density at radius 1 is 0.896 bits per heavy atom. The van der Waals surface area contributed by atoms with E-state index < -0.39 is 77.9 Å². The molecule has 3 heterocycles. The minimum Gasteiger partial charge on any atom is -0.459 e. The molecule has 1 aromatic carbocycles. The Morgan fingerprint density at radius 2 is 1.62 bits per heavy atom. The molecule has 23 heteroatoms. The van der Waals surface area contributed by atoms with Gasteiger partial charge in [0.2, 0.25) is 29.5 Å². The first-order valence-electron chi connectivity index (χ1n) is 26.6. The lowest BCUT2D eigenvalue weighted by atomic mass is 9.87. The lowest BCUT2D eigenvalue weighted by Gasteiger charge is -2.39. The molecule has 0 unspecified atom stereocenters. The molecule has 3 saturated heterocycles. The van der Waals surface area contributed by atoms with Crippen molar-refractivity contribution in [2.24, 2.45) is 23.3 Å². The summed E-state index contributed by atoms with van der Waals surface area (Å²) in [5.74, 6) is -2.60. The van der Waals surface area contributed by atoms with Gasteiger partial charge in [-0.2, -0.15) is 0 Å². The number of carbonyl (C=O) groups excluding carboxylic acids is 8. The number of esters is 1. The van der Waals surface area contributed by atoms with Gasteiger partial charge in [0.1, 0.15) is 42.6 Å². The molecule has 4 rings (SSSR count). The third kappa shape index (κ3) is 22.6. The zero-order valence-corrected chi connectivity index (χ0v) is 45.6. The maximum absolute atomic E-state index is 13.5. The van der Waals surface area contributed by atoms with Crippen molar-refractivity contribution in [3.05, 3.63) is 65.8 Å². The quantitative estimate of drug-likeness (QED) is 0.0138. The first-order valence-corrected chi connectivity index (χ1v) is 26.6. The van der Waals surface area contributed by atoms with Gasteiger partial charge in [0.25, 0.3) is 0 Å². The fourth-order valence-corrected chi connectivity index (χ4v) is 8.93. The van der Waals surface area contributed by atoms with Crippen LogP contribution in [-0.2, 0) is 59.1 Å². The second kappa shape index (κ2) is 31.7. The molecule has 0 bridgehead atoms. The summed E-state index contributed by atoms with van der Waals surface area (Å²) in [5.41, 5.74) is 11.8. The minimum absolute atomic E-state index is 0.0522. The van der Waals surface area contributed by atoms with E-state index in [0.29, 0.717) is 56.5 Å². The first kappa shape index (κ1) is 63.1. The zero-order valence-electron chi connectivity index (χ0n) is 45.6. The van der Waals surface area contributed by atoms with Crippen LogP contribution in [0.4, 0.5) is 15.3 Å². The number of hydrogen-bond acceptors (Lipinski definition) is 15. The Morgan fingerprint density at radius 3 is 2.29 bits per heavy atom. The molecule has 11 atom stereocenters. The van der Waals surface area contributed by atoms with E-state index >= 15 is 0 Å². The highest BCUT2D eigenvalue weighted by Gasteiger charge is 2.58. The van der Waals surface area contributed by atoms with Crippen molar-refractivity contribution in [3.63, 3.8) is 0 Å². The summed E-state index contributed by atoms with van der Waals surface area (Å²) in [4.78, 5) is 100. The van der Waals surface area contributed by atoms with Crippen LogP contribution in [0, 0.1) is 11.8 Å². The molecule has 8 amide bonds. The highest BCUT2D eigenvalue weighted by Crippen LogP contribution is 2.43. The molecule has 0 aromatic heterocycles. The molecule has 77 heavy (non-hydrogen) atoms. The summed E-state index contributed by atoms with van der Waals surface area (Å²) in [6, 6.07) is 3.64. The summed E-state index contributed by atoms with van der Waals surface area (Å²) >= 11 is 0. The number of amides is 8. The van der Waals surface area contributed by atoms with Gasteiger partial charge >= 0.3 is 18.1 Å². The van der Waals surface area contributed by atoms with Gasteiger partial charge in [-0.25, -0.2) is 9.59 Å². The maximum Gasteiger partial charge on any atom is 0.408 e. The van der Waals surface area contributed by atoms with Crippen LogP contribution >= 0.6 is 0 Å². The topological polar surface area (TPSA) is 342 Å². The molecule has 3 fully saturated rings. The predicted octanol–water partition coefficient (Wildman–Crippen LogP) is 2.89. The number of anilines is 1. The van der Waals surface area contributed by atoms with Gasteiger partial charge in [0.05, 0.1) is 44.1 Å². The Hall–Kier alpha value is -6.40. The van der Waals surface area contributed by atoms with E-state index in [9.17, 15) is 43.5 Å². The molecule has 3 aliphatic rings. The van der Waals surface area contributed by atoms with Crippen LogP contribution in [0.15, 0.2) is 60.2 Å². The van der Waals surface area contributed by atoms with Gasteiger partial charge in [0.15, 0.2) is 0 Å². The number of rotatable bonds is 29.